The van der Waals surface area contributed by atoms with Gasteiger partial charge in [0.25, 0.3) is 0 Å². The molecule has 0 aromatic rings. The van der Waals surface area contributed by atoms with Crippen LogP contribution in [-0.4, -0.2) is 18.8 Å². The van der Waals surface area contributed by atoms with Crippen LogP contribution in [0, 0.1) is 0 Å². The van der Waals surface area contributed by atoms with Crippen LogP contribution in [0.2, 0.25) is 0 Å². The van der Waals surface area contributed by atoms with Gasteiger partial charge < -0.3 is 4.74 Å². The molecular weight excluding hydrogens is 185 g/mol. The molecule has 0 atom stereocenters. The molecule has 0 N–H and O–H groups in total. The van der Waals surface area contributed by atoms with Gasteiger partial charge >= 0.3 is 12.1 Å². The summed E-state index contributed by atoms with van der Waals surface area (Å²) in [6.45, 7) is 4.92. The van der Waals surface area contributed by atoms with Gasteiger partial charge in [-0.25, -0.2) is 4.79 Å². The molecule has 0 aromatic heterocycles. The highest BCUT2D eigenvalue weighted by Gasteiger charge is 2.27. The third-order valence-electron chi connectivity index (χ3n) is 1.27. The topological polar surface area (TPSA) is 26.3 Å². The van der Waals surface area contributed by atoms with Gasteiger partial charge in [0.15, 0.2) is 0 Å². The van der Waals surface area contributed by atoms with Crippen molar-refractivity contribution in [3.8, 4) is 0 Å². The van der Waals surface area contributed by atoms with Gasteiger partial charge in [0.2, 0.25) is 0 Å². The van der Waals surface area contributed by atoms with Crippen LogP contribution in [0.5, 0.6) is 0 Å². The zero-order valence-corrected chi connectivity index (χ0v) is 7.28. The maximum atomic E-state index is 11.7. The highest BCUT2D eigenvalue weighted by Crippen LogP contribution is 2.23. The Kier molecular flexibility index (Phi) is 4.51. The highest BCUT2D eigenvalue weighted by atomic mass is 19.4. The van der Waals surface area contributed by atoms with Crippen LogP contribution in [0.15, 0.2) is 12.2 Å². The quantitative estimate of drug-likeness (QED) is 0.510. The molecule has 0 fully saturated rings. The van der Waals surface area contributed by atoms with Gasteiger partial charge in [-0.2, -0.15) is 13.2 Å². The predicted octanol–water partition coefficient (Wildman–Crippen LogP) is 2.45. The number of hydrogen-bond acceptors (Lipinski definition) is 2. The van der Waals surface area contributed by atoms with E-state index in [1.807, 2.05) is 0 Å². The lowest BCUT2D eigenvalue weighted by Gasteiger charge is -2.07. The first kappa shape index (κ1) is 12.0. The Morgan fingerprint density at radius 1 is 1.46 bits per heavy atom. The van der Waals surface area contributed by atoms with Crippen molar-refractivity contribution in [2.75, 3.05) is 6.61 Å². The molecule has 0 aliphatic rings. The summed E-state index contributed by atoms with van der Waals surface area (Å²) in [5.74, 6) is -0.758. The van der Waals surface area contributed by atoms with E-state index >= 15 is 0 Å². The minimum absolute atomic E-state index is 0.140. The number of hydrogen-bond donors (Lipinski definition) is 0. The largest absolute Gasteiger partial charge is 0.463 e. The van der Waals surface area contributed by atoms with Crippen LogP contribution >= 0.6 is 0 Å². The fourth-order valence-electron chi connectivity index (χ4n) is 0.628. The lowest BCUT2D eigenvalue weighted by molar-refractivity contribution is -0.141. The van der Waals surface area contributed by atoms with E-state index in [0.29, 0.717) is 0 Å². The summed E-state index contributed by atoms with van der Waals surface area (Å²) in [7, 11) is 0. The fraction of sp³-hybridized carbons (Fsp3) is 0.625. The first-order valence-corrected chi connectivity index (χ1v) is 3.78. The number of carbonyl (C=O) groups excluding carboxylic acids is 1. The number of alkyl halides is 3. The Balaban J connectivity index is 3.82. The maximum absolute atomic E-state index is 11.7. The summed E-state index contributed by atoms with van der Waals surface area (Å²) < 4.78 is 39.5. The van der Waals surface area contributed by atoms with Gasteiger partial charge in [-0.3, -0.25) is 0 Å². The zero-order valence-electron chi connectivity index (χ0n) is 7.28. The van der Waals surface area contributed by atoms with E-state index in [9.17, 15) is 18.0 Å². The fourth-order valence-corrected chi connectivity index (χ4v) is 0.628. The molecular formula is C8H11F3O2. The molecule has 2 nitrogen and oxygen atoms in total. The smallest absolute Gasteiger partial charge is 0.389 e. The molecule has 0 aromatic carbocycles. The molecule has 0 aliphatic carbocycles. The first-order valence-electron chi connectivity index (χ1n) is 3.78. The predicted molar refractivity (Wildman–Crippen MR) is 41.1 cm³/mol. The molecule has 0 saturated carbocycles. The van der Waals surface area contributed by atoms with E-state index in [1.165, 1.54) is 0 Å². The number of esters is 1. The van der Waals surface area contributed by atoms with Crippen molar-refractivity contribution in [2.45, 2.75) is 25.9 Å². The molecule has 0 heterocycles. The second-order valence-corrected chi connectivity index (χ2v) is 2.44. The van der Waals surface area contributed by atoms with Gasteiger partial charge in [-0.15, -0.1) is 0 Å². The second-order valence-electron chi connectivity index (χ2n) is 2.44. The minimum atomic E-state index is -4.25. The van der Waals surface area contributed by atoms with E-state index in [1.54, 1.807) is 6.92 Å². The summed E-state index contributed by atoms with van der Waals surface area (Å²) in [5, 5.41) is 0. The molecule has 0 spiro atoms. The van der Waals surface area contributed by atoms with Crippen molar-refractivity contribution in [1.29, 1.82) is 0 Å². The SMILES string of the molecule is C=C(CCC(F)(F)F)C(=O)OCC. The Bertz CT molecular complexity index is 196. The monoisotopic (exact) mass is 196 g/mol. The van der Waals surface area contributed by atoms with Crippen molar-refractivity contribution < 1.29 is 22.7 Å². The minimum Gasteiger partial charge on any atom is -0.463 e. The summed E-state index contributed by atoms with van der Waals surface area (Å²) in [6.07, 6.45) is -5.69. The van der Waals surface area contributed by atoms with E-state index in [2.05, 4.69) is 11.3 Å². The normalized spacial score (nSPS) is 11.1. The average Bonchev–Trinajstić information content (AvgIpc) is 1.99. The number of carbonyl (C=O) groups is 1. The molecule has 0 bridgehead atoms. The van der Waals surface area contributed by atoms with Crippen molar-refractivity contribution in [3.63, 3.8) is 0 Å². The molecule has 0 rings (SSSR count). The van der Waals surface area contributed by atoms with Crippen LogP contribution < -0.4 is 0 Å². The highest BCUT2D eigenvalue weighted by molar-refractivity contribution is 5.87. The standard InChI is InChI=1S/C8H11F3O2/c1-3-13-7(12)6(2)4-5-8(9,10)11/h2-5H2,1H3. The van der Waals surface area contributed by atoms with Gasteiger partial charge in [0, 0.05) is 12.0 Å². The Labute approximate surface area is 74.4 Å². The van der Waals surface area contributed by atoms with Crippen LogP contribution in [0.4, 0.5) is 13.2 Å². The summed E-state index contributed by atoms with van der Waals surface area (Å²) in [6, 6.07) is 0. The molecule has 0 saturated heterocycles. The van der Waals surface area contributed by atoms with Crippen LogP contribution in [0.3, 0.4) is 0 Å². The first-order chi connectivity index (χ1) is 5.87. The Hall–Kier alpha value is -1.00. The molecule has 0 amide bonds. The second kappa shape index (κ2) is 4.89. The molecule has 5 heteroatoms. The van der Waals surface area contributed by atoms with Gasteiger partial charge in [-0.05, 0) is 13.3 Å². The number of halogens is 3. The van der Waals surface area contributed by atoms with Gasteiger partial charge in [0.1, 0.15) is 0 Å². The van der Waals surface area contributed by atoms with Crippen molar-refractivity contribution in [1.82, 2.24) is 0 Å². The molecule has 0 radical (unpaired) electrons. The third kappa shape index (κ3) is 6.19. The van der Waals surface area contributed by atoms with E-state index < -0.39 is 25.0 Å². The average molecular weight is 196 g/mol. The summed E-state index contributed by atoms with van der Waals surface area (Å²) in [5.41, 5.74) is -0.140. The van der Waals surface area contributed by atoms with E-state index in [0.717, 1.165) is 0 Å². The van der Waals surface area contributed by atoms with Crippen LogP contribution in [-0.2, 0) is 9.53 Å². The molecule has 13 heavy (non-hydrogen) atoms. The summed E-state index contributed by atoms with van der Waals surface area (Å²) >= 11 is 0. The van der Waals surface area contributed by atoms with Crippen LogP contribution in [0.1, 0.15) is 19.8 Å². The van der Waals surface area contributed by atoms with E-state index in [-0.39, 0.29) is 12.2 Å². The van der Waals surface area contributed by atoms with Crippen LogP contribution in [0.25, 0.3) is 0 Å². The molecule has 0 aliphatic heterocycles. The number of ether oxygens (including phenoxy) is 1. The number of rotatable bonds is 4. The van der Waals surface area contributed by atoms with Gasteiger partial charge in [-0.1, -0.05) is 6.58 Å². The Morgan fingerprint density at radius 3 is 2.38 bits per heavy atom. The lowest BCUT2D eigenvalue weighted by atomic mass is 10.1. The molecule has 0 unspecified atom stereocenters. The van der Waals surface area contributed by atoms with Crippen molar-refractivity contribution in [3.05, 3.63) is 12.2 Å². The van der Waals surface area contributed by atoms with Crippen molar-refractivity contribution >= 4 is 5.97 Å². The Morgan fingerprint density at radius 2 is 2.00 bits per heavy atom. The molecule has 76 valence electrons. The zero-order chi connectivity index (χ0) is 10.5. The van der Waals surface area contributed by atoms with E-state index in [4.69, 9.17) is 0 Å². The summed E-state index contributed by atoms with van der Waals surface area (Å²) in [4.78, 5) is 10.8. The third-order valence-corrected chi connectivity index (χ3v) is 1.27. The maximum Gasteiger partial charge on any atom is 0.389 e. The lowest BCUT2D eigenvalue weighted by Crippen LogP contribution is -2.12. The van der Waals surface area contributed by atoms with Crippen molar-refractivity contribution in [2.24, 2.45) is 0 Å². The van der Waals surface area contributed by atoms with Gasteiger partial charge in [0.05, 0.1) is 6.61 Å².